The Morgan fingerprint density at radius 1 is 0.329 bits per heavy atom. The van der Waals surface area contributed by atoms with Gasteiger partial charge >= 0.3 is 0 Å². The van der Waals surface area contributed by atoms with Crippen LogP contribution in [0, 0.1) is 0 Å². The molecule has 4 atom stereocenters. The Hall–Kier alpha value is -10.1. The summed E-state index contributed by atoms with van der Waals surface area (Å²) in [5, 5.41) is 30.6. The summed E-state index contributed by atoms with van der Waals surface area (Å²) in [6.45, 7) is 0. The van der Waals surface area contributed by atoms with Crippen LogP contribution in [0.15, 0.2) is 232 Å². The Labute approximate surface area is 492 Å². The number of benzene rings is 7. The van der Waals surface area contributed by atoms with E-state index in [9.17, 15) is 0 Å². The summed E-state index contributed by atoms with van der Waals surface area (Å²) in [6, 6.07) is 67.1. The molecule has 10 N–H and O–H groups in total. The van der Waals surface area contributed by atoms with Crippen LogP contribution in [0.5, 0.6) is 0 Å². The third-order valence-electron chi connectivity index (χ3n) is 14.3. The van der Waals surface area contributed by atoms with E-state index in [-0.39, 0.29) is 39.0 Å². The van der Waals surface area contributed by atoms with Crippen molar-refractivity contribution in [1.29, 1.82) is 0 Å². The summed E-state index contributed by atoms with van der Waals surface area (Å²) in [4.78, 5) is 57.2. The van der Waals surface area contributed by atoms with Gasteiger partial charge in [0, 0.05) is 57.1 Å². The molecule has 0 unspecified atom stereocenters. The van der Waals surface area contributed by atoms with Gasteiger partial charge in [-0.1, -0.05) is 146 Å². The van der Waals surface area contributed by atoms with Crippen molar-refractivity contribution in [1.82, 2.24) is 55.5 Å². The largest absolute Gasteiger partial charge is 0.383 e. The molecule has 16 rings (SSSR count). The zero-order valence-corrected chi connectivity index (χ0v) is 49.5. The number of hydrogen-bond donors (Lipinski definition) is 10. The van der Waals surface area contributed by atoms with Crippen LogP contribution in [-0.4, -0.2) is 68.7 Å². The molecule has 23 heteroatoms. The first kappa shape index (κ1) is 51.3. The molecule has 82 heavy (non-hydrogen) atoms. The Balaban J connectivity index is 0.000000150. The first-order chi connectivity index (χ1) is 39.4. The van der Waals surface area contributed by atoms with Crippen molar-refractivity contribution in [2.24, 2.45) is 20.0 Å². The van der Waals surface area contributed by atoms with Crippen molar-refractivity contribution in [3.05, 3.63) is 245 Å². The third-order valence-corrected chi connectivity index (χ3v) is 14.3. The van der Waals surface area contributed by atoms with E-state index in [0.717, 1.165) is 60.8 Å². The molecule has 0 saturated carbocycles. The number of aromatic amines is 4. The number of hydrogen-bond acceptors (Lipinski definition) is 15. The van der Waals surface area contributed by atoms with Gasteiger partial charge in [0.1, 0.15) is 17.6 Å². The number of nitrogens with one attached hydrogen (secondary N) is 10. The van der Waals surface area contributed by atoms with E-state index in [1.807, 2.05) is 206 Å². The van der Waals surface area contributed by atoms with Gasteiger partial charge in [0.15, 0.2) is 17.0 Å². The maximum absolute atomic E-state index is 5.18. The van der Waals surface area contributed by atoms with E-state index in [4.69, 9.17) is 35.6 Å². The second-order valence-corrected chi connectivity index (χ2v) is 19.3. The van der Waals surface area contributed by atoms with Crippen molar-refractivity contribution in [2.75, 3.05) is 21.3 Å². The zero-order chi connectivity index (χ0) is 53.1. The topological polar surface area (TPSA) is 277 Å². The number of nitrogens with zero attached hydrogens (tertiary/aromatic N) is 11. The van der Waals surface area contributed by atoms with E-state index in [1.54, 1.807) is 6.20 Å². The minimum atomic E-state index is -1.20. The van der Waals surface area contributed by atoms with Crippen molar-refractivity contribution < 1.29 is 39.0 Å². The van der Waals surface area contributed by atoms with Crippen LogP contribution in [0.3, 0.4) is 0 Å². The molecule has 0 amide bonds. The van der Waals surface area contributed by atoms with Gasteiger partial charge in [-0.15, -0.1) is 0 Å². The summed E-state index contributed by atoms with van der Waals surface area (Å²) in [7, 11) is 0. The third kappa shape index (κ3) is 8.65. The normalized spacial score (nSPS) is 20.9. The second kappa shape index (κ2) is 20.5. The van der Waals surface area contributed by atoms with E-state index in [2.05, 4.69) is 71.8 Å². The smallest absolute Gasteiger partial charge is 0.208 e. The predicted molar refractivity (Wildman–Crippen MR) is 312 cm³/mol. The van der Waals surface area contributed by atoms with Gasteiger partial charge in [-0.3, -0.25) is 15.6 Å². The van der Waals surface area contributed by atoms with Crippen LogP contribution in [0.1, 0.15) is 22.4 Å². The number of imidazole rings is 4. The van der Waals surface area contributed by atoms with Crippen LogP contribution in [0.25, 0.3) is 54.8 Å². The van der Waals surface area contributed by atoms with Crippen molar-refractivity contribution in [2.45, 2.75) is 22.7 Å². The molecule has 4 aliphatic heterocycles. The molecular formula is C59H45N21Zn2-2. The Morgan fingerprint density at radius 3 is 1.07 bits per heavy atom. The minimum Gasteiger partial charge on any atom is -0.383 e. The molecule has 7 aromatic carbocycles. The standard InChI is InChI=1S/C30H23N10.C29H22N11.2Zn/c1-3-11-19(12-4-1)29-30(20-13-5-2-6-14-20,39-27(37-29)35-25-31-21-15-7-8-16-22(21)32-25)40-28(38-29)36-26-33-23-17-9-10-18-24(23)34-26;1-2-10-18(11-3-1)28-29(23-16-8-9-17-30-23,39-26(37-28)35-24-31-19-12-4-5-13-20(19)32-24)40-27(38-28)36-25-33-21-14-6-7-15-22(21)34-25;;/h1-18H,(H5-,31,32,33,34,35,36,37,38,39,40);1-17H,(H5-,31,32,33,34,35,36,37,38,39,40);;/q2*-1;;/t29-,30+;28-,29+;;. The zero-order valence-electron chi connectivity index (χ0n) is 43.5. The number of rotatable bonds is 8. The quantitative estimate of drug-likeness (QED) is 0.0639. The molecule has 21 nitrogen and oxygen atoms in total. The molecule has 0 aliphatic carbocycles. The molecule has 0 spiro atoms. The van der Waals surface area contributed by atoms with E-state index in [1.165, 1.54) is 0 Å². The fraction of sp³-hybridized carbons (Fsp3) is 0.0678. The van der Waals surface area contributed by atoms with Crippen molar-refractivity contribution in [3.63, 3.8) is 0 Å². The van der Waals surface area contributed by atoms with Crippen LogP contribution in [0.2, 0.25) is 0 Å². The summed E-state index contributed by atoms with van der Waals surface area (Å²) in [5.74, 6) is 3.96. The van der Waals surface area contributed by atoms with E-state index >= 15 is 0 Å². The number of pyridine rings is 1. The van der Waals surface area contributed by atoms with Crippen molar-refractivity contribution in [3.8, 4) is 0 Å². The van der Waals surface area contributed by atoms with Gasteiger partial charge in [0.2, 0.25) is 23.8 Å². The number of H-pyrrole nitrogens is 4. The monoisotopic (exact) mass is 1180 g/mol. The summed E-state index contributed by atoms with van der Waals surface area (Å²) < 4.78 is 0. The van der Waals surface area contributed by atoms with Gasteiger partial charge in [-0.2, -0.15) is 0 Å². The molecule has 0 saturated heterocycles. The number of anilines is 4. The Bertz CT molecular complexity index is 3730. The summed E-state index contributed by atoms with van der Waals surface area (Å²) in [5.41, 5.74) is 5.80. The Kier molecular flexibility index (Phi) is 12.9. The molecular weight excluding hydrogens is 1130 g/mol. The average Bonchev–Trinajstić information content (AvgIpc) is 2.57. The first-order valence-corrected chi connectivity index (χ1v) is 25.8. The fourth-order valence-corrected chi connectivity index (χ4v) is 10.8. The van der Waals surface area contributed by atoms with Crippen LogP contribution >= 0.6 is 0 Å². The molecule has 0 fully saturated rings. The molecule has 5 aromatic heterocycles. The maximum Gasteiger partial charge on any atom is 0.208 e. The van der Waals surface area contributed by atoms with Crippen LogP contribution < -0.4 is 31.9 Å². The van der Waals surface area contributed by atoms with Crippen LogP contribution in [0.4, 0.5) is 23.8 Å². The van der Waals surface area contributed by atoms with Gasteiger partial charge in [0.05, 0.1) is 49.8 Å². The van der Waals surface area contributed by atoms with Gasteiger partial charge in [-0.25, -0.2) is 29.9 Å². The fourth-order valence-electron chi connectivity index (χ4n) is 10.8. The predicted octanol–water partition coefficient (Wildman–Crippen LogP) is 10.1. The molecule has 9 heterocycles. The van der Waals surface area contributed by atoms with Crippen LogP contribution in [-0.2, 0) is 61.6 Å². The number of aromatic nitrogens is 9. The molecule has 0 bridgehead atoms. The SMILES string of the molecule is [Zn].[Zn].c1ccc([C@]23N=C(Nc4nc5ccccc5[nH]4)N[C@@]2(c2ccccc2)N=C(Nc2nc4ccccc4[nH]2)[N-]3)cc1.c1ccc([C@]23N=C(Nc4nc5ccccc5[nH]4)N[C@@]2(c2ccccn2)N=C(Nc2nc4ccccc4[nH]2)[N-]3)cc1. The minimum absolute atomic E-state index is 0. The Morgan fingerprint density at radius 2 is 0.671 bits per heavy atom. The number of para-hydroxylation sites is 8. The number of guanidine groups is 4. The van der Waals surface area contributed by atoms with E-state index < -0.39 is 22.7 Å². The van der Waals surface area contributed by atoms with Gasteiger partial charge < -0.3 is 61.8 Å². The van der Waals surface area contributed by atoms with Gasteiger partial charge in [0.25, 0.3) is 0 Å². The molecule has 4 aliphatic rings. The van der Waals surface area contributed by atoms with E-state index in [0.29, 0.717) is 53.3 Å². The number of fused-ring (bicyclic) bond motifs is 6. The van der Waals surface area contributed by atoms with Crippen molar-refractivity contribution >= 4 is 91.8 Å². The number of aliphatic imine (C=N–C) groups is 4. The molecule has 392 valence electrons. The molecule has 0 radical (unpaired) electrons. The average molecular weight is 1180 g/mol. The first-order valence-electron chi connectivity index (χ1n) is 25.8. The summed E-state index contributed by atoms with van der Waals surface area (Å²) in [6.07, 6.45) is 1.74. The summed E-state index contributed by atoms with van der Waals surface area (Å²) >= 11 is 0. The second-order valence-electron chi connectivity index (χ2n) is 19.3. The molecule has 12 aromatic rings. The van der Waals surface area contributed by atoms with Gasteiger partial charge in [-0.05, 0) is 77.4 Å². The maximum atomic E-state index is 5.18.